The molecule has 114 valence electrons. The highest BCUT2D eigenvalue weighted by Gasteiger charge is 2.43. The highest BCUT2D eigenvalue weighted by atomic mass is 19.4. The van der Waals surface area contributed by atoms with Crippen molar-refractivity contribution in [1.82, 2.24) is 9.55 Å². The van der Waals surface area contributed by atoms with Gasteiger partial charge >= 0.3 is 6.18 Å². The lowest BCUT2D eigenvalue weighted by Gasteiger charge is -2.20. The summed E-state index contributed by atoms with van der Waals surface area (Å²) in [5.74, 6) is -2.40. The molecule has 8 heteroatoms. The Morgan fingerprint density at radius 1 is 1.43 bits per heavy atom. The van der Waals surface area contributed by atoms with Crippen LogP contribution in [-0.4, -0.2) is 26.8 Å². The van der Waals surface area contributed by atoms with Crippen LogP contribution in [0.15, 0.2) is 29.4 Å². The Kier molecular flexibility index (Phi) is 4.06. The maximum absolute atomic E-state index is 13.1. The zero-order valence-electron chi connectivity index (χ0n) is 11.3. The quantitative estimate of drug-likeness (QED) is 0.394. The minimum atomic E-state index is -4.60. The van der Waals surface area contributed by atoms with Crippen LogP contribution in [0.4, 0.5) is 13.2 Å². The summed E-state index contributed by atoms with van der Waals surface area (Å²) in [7, 11) is 0. The molecule has 0 amide bonds. The summed E-state index contributed by atoms with van der Waals surface area (Å²) in [5.41, 5.74) is 6.41. The molecular formula is C13H15F3N4O. The van der Waals surface area contributed by atoms with Crippen molar-refractivity contribution in [2.75, 3.05) is 0 Å². The molecule has 0 spiro atoms. The van der Waals surface area contributed by atoms with E-state index in [9.17, 15) is 13.2 Å². The van der Waals surface area contributed by atoms with Gasteiger partial charge in [-0.2, -0.15) is 13.2 Å². The topological polar surface area (TPSA) is 76.4 Å². The minimum Gasteiger partial charge on any atom is -0.409 e. The van der Waals surface area contributed by atoms with Gasteiger partial charge in [-0.1, -0.05) is 24.2 Å². The van der Waals surface area contributed by atoms with Crippen molar-refractivity contribution in [1.29, 1.82) is 0 Å². The van der Waals surface area contributed by atoms with E-state index in [2.05, 4.69) is 10.1 Å². The summed E-state index contributed by atoms with van der Waals surface area (Å²) < 4.78 is 40.7. The number of oxime groups is 1. The van der Waals surface area contributed by atoms with E-state index in [0.717, 1.165) is 0 Å². The maximum atomic E-state index is 13.1. The molecule has 0 bridgehead atoms. The van der Waals surface area contributed by atoms with Gasteiger partial charge in [0, 0.05) is 13.0 Å². The van der Waals surface area contributed by atoms with Crippen molar-refractivity contribution in [3.8, 4) is 0 Å². The third-order valence-electron chi connectivity index (χ3n) is 3.28. The van der Waals surface area contributed by atoms with Crippen LogP contribution in [0.1, 0.15) is 12.7 Å². The molecule has 0 aliphatic heterocycles. The number of nitrogens with two attached hydrogens (primary N) is 1. The largest absolute Gasteiger partial charge is 0.409 e. The van der Waals surface area contributed by atoms with Crippen molar-refractivity contribution in [3.05, 3.63) is 30.1 Å². The predicted octanol–water partition coefficient (Wildman–Crippen LogP) is 2.52. The number of hydrogen-bond donors (Lipinski definition) is 2. The van der Waals surface area contributed by atoms with Gasteiger partial charge in [0.1, 0.15) is 11.7 Å². The lowest BCUT2D eigenvalue weighted by Crippen LogP contribution is -2.39. The lowest BCUT2D eigenvalue weighted by atomic mass is 10.1. The van der Waals surface area contributed by atoms with Gasteiger partial charge in [0.25, 0.3) is 0 Å². The van der Waals surface area contributed by atoms with E-state index >= 15 is 0 Å². The number of benzene rings is 1. The average molecular weight is 300 g/mol. The Morgan fingerprint density at radius 3 is 2.67 bits per heavy atom. The van der Waals surface area contributed by atoms with Gasteiger partial charge in [-0.15, -0.1) is 0 Å². The second kappa shape index (κ2) is 5.63. The first-order chi connectivity index (χ1) is 9.88. The van der Waals surface area contributed by atoms with E-state index in [1.807, 2.05) is 6.92 Å². The van der Waals surface area contributed by atoms with E-state index in [1.54, 1.807) is 24.3 Å². The third-order valence-corrected chi connectivity index (χ3v) is 3.28. The molecule has 2 aromatic rings. The maximum Gasteiger partial charge on any atom is 0.400 e. The predicted molar refractivity (Wildman–Crippen MR) is 72.1 cm³/mol. The summed E-state index contributed by atoms with van der Waals surface area (Å²) in [6.45, 7) is 1.34. The van der Waals surface area contributed by atoms with E-state index in [-0.39, 0.29) is 0 Å². The number of imidazole rings is 1. The molecule has 5 nitrogen and oxygen atoms in total. The molecule has 0 saturated heterocycles. The van der Waals surface area contributed by atoms with E-state index in [1.165, 1.54) is 4.57 Å². The zero-order chi connectivity index (χ0) is 15.6. The third kappa shape index (κ3) is 2.93. The van der Waals surface area contributed by atoms with Gasteiger partial charge in [-0.3, -0.25) is 0 Å². The van der Waals surface area contributed by atoms with Crippen molar-refractivity contribution in [2.24, 2.45) is 16.8 Å². The zero-order valence-corrected chi connectivity index (χ0v) is 11.3. The normalized spacial score (nSPS) is 14.6. The highest BCUT2D eigenvalue weighted by molar-refractivity contribution is 5.83. The Balaban J connectivity index is 2.50. The molecule has 1 aromatic carbocycles. The highest BCUT2D eigenvalue weighted by Crippen LogP contribution is 2.29. The second-order valence-electron chi connectivity index (χ2n) is 4.60. The standard InChI is InChI=1S/C13H15F3N4O/c1-2-11-18-9-5-3-4-6-10(9)20(11)7-8(12(17)19-21)13(14,15)16/h3-6,8,21H,2,7H2,1H3,(H2,17,19). The summed E-state index contributed by atoms with van der Waals surface area (Å²) in [6, 6.07) is 6.92. The summed E-state index contributed by atoms with van der Waals surface area (Å²) >= 11 is 0. The van der Waals surface area contributed by atoms with Crippen LogP contribution < -0.4 is 5.73 Å². The fourth-order valence-electron chi connectivity index (χ4n) is 2.22. The molecule has 0 radical (unpaired) electrons. The van der Waals surface area contributed by atoms with Crippen LogP contribution in [0.2, 0.25) is 0 Å². The number of amidine groups is 1. The molecule has 1 atom stereocenters. The Labute approximate surface area is 118 Å². The molecule has 0 aliphatic carbocycles. The summed E-state index contributed by atoms with van der Waals surface area (Å²) in [6.07, 6.45) is -4.12. The first kappa shape index (κ1) is 15.1. The average Bonchev–Trinajstić information content (AvgIpc) is 2.80. The smallest absolute Gasteiger partial charge is 0.400 e. The fourth-order valence-corrected chi connectivity index (χ4v) is 2.22. The molecule has 0 aliphatic rings. The number of rotatable bonds is 4. The molecule has 0 saturated carbocycles. The van der Waals surface area contributed by atoms with Crippen LogP contribution in [-0.2, 0) is 13.0 Å². The number of hydrogen-bond acceptors (Lipinski definition) is 3. The monoisotopic (exact) mass is 300 g/mol. The van der Waals surface area contributed by atoms with Crippen LogP contribution in [0.3, 0.4) is 0 Å². The number of fused-ring (bicyclic) bond motifs is 1. The molecule has 1 unspecified atom stereocenters. The van der Waals surface area contributed by atoms with Crippen LogP contribution >= 0.6 is 0 Å². The van der Waals surface area contributed by atoms with E-state index in [0.29, 0.717) is 23.3 Å². The Hall–Kier alpha value is -2.25. The first-order valence-corrected chi connectivity index (χ1v) is 6.36. The summed E-state index contributed by atoms with van der Waals surface area (Å²) in [5, 5.41) is 11.1. The van der Waals surface area contributed by atoms with Crippen LogP contribution in [0.5, 0.6) is 0 Å². The Bertz CT molecular complexity index is 663. The van der Waals surface area contributed by atoms with Gasteiger partial charge in [0.05, 0.1) is 11.0 Å². The van der Waals surface area contributed by atoms with Gasteiger partial charge in [-0.05, 0) is 12.1 Å². The fraction of sp³-hybridized carbons (Fsp3) is 0.385. The second-order valence-corrected chi connectivity index (χ2v) is 4.60. The van der Waals surface area contributed by atoms with Crippen LogP contribution in [0.25, 0.3) is 11.0 Å². The van der Waals surface area contributed by atoms with Crippen molar-refractivity contribution in [3.63, 3.8) is 0 Å². The molecule has 3 N–H and O–H groups in total. The van der Waals surface area contributed by atoms with Crippen molar-refractivity contribution >= 4 is 16.9 Å². The van der Waals surface area contributed by atoms with Crippen molar-refractivity contribution in [2.45, 2.75) is 26.1 Å². The van der Waals surface area contributed by atoms with Gasteiger partial charge < -0.3 is 15.5 Å². The molecule has 1 heterocycles. The number of para-hydroxylation sites is 2. The number of aromatic nitrogens is 2. The molecule has 2 rings (SSSR count). The number of aryl methyl sites for hydroxylation is 1. The SMILES string of the molecule is CCc1nc2ccccc2n1CC(/C(N)=N/O)C(F)(F)F. The molecule has 1 aromatic heterocycles. The van der Waals surface area contributed by atoms with E-state index in [4.69, 9.17) is 10.9 Å². The van der Waals surface area contributed by atoms with E-state index < -0.39 is 24.5 Å². The van der Waals surface area contributed by atoms with Gasteiger partial charge in [0.15, 0.2) is 5.84 Å². The lowest BCUT2D eigenvalue weighted by molar-refractivity contribution is -0.159. The number of alkyl halides is 3. The Morgan fingerprint density at radius 2 is 2.10 bits per heavy atom. The first-order valence-electron chi connectivity index (χ1n) is 6.36. The van der Waals surface area contributed by atoms with Crippen LogP contribution in [0, 0.1) is 5.92 Å². The summed E-state index contributed by atoms with van der Waals surface area (Å²) in [4.78, 5) is 4.30. The van der Waals surface area contributed by atoms with Gasteiger partial charge in [0.2, 0.25) is 0 Å². The number of halogens is 3. The molecular weight excluding hydrogens is 285 g/mol. The molecule has 21 heavy (non-hydrogen) atoms. The van der Waals surface area contributed by atoms with Gasteiger partial charge in [-0.25, -0.2) is 4.98 Å². The van der Waals surface area contributed by atoms with Crippen molar-refractivity contribution < 1.29 is 18.4 Å². The minimum absolute atomic E-state index is 0.469. The number of nitrogens with zero attached hydrogens (tertiary/aromatic N) is 3. The molecule has 0 fully saturated rings.